The molecule has 7 rings (SSSR count). The molecule has 48 heavy (non-hydrogen) atoms. The molecule has 4 heterocycles. The van der Waals surface area contributed by atoms with Gasteiger partial charge in [-0.2, -0.15) is 5.10 Å². The topological polar surface area (TPSA) is 91.8 Å². The number of hydrogen-bond acceptors (Lipinski definition) is 8. The normalized spacial score (nSPS) is 19.7. The van der Waals surface area contributed by atoms with Crippen LogP contribution < -0.4 is 20.2 Å². The van der Waals surface area contributed by atoms with Crippen molar-refractivity contribution in [3.05, 3.63) is 119 Å². The van der Waals surface area contributed by atoms with Crippen molar-refractivity contribution in [3.63, 3.8) is 0 Å². The molecule has 0 aliphatic carbocycles. The number of rotatable bonds is 10. The third kappa shape index (κ3) is 6.43. The lowest BCUT2D eigenvalue weighted by Crippen LogP contribution is -2.46. The molecule has 5 aromatic rings. The van der Waals surface area contributed by atoms with Crippen LogP contribution in [0.5, 0.6) is 5.75 Å². The molecule has 2 fully saturated rings. The van der Waals surface area contributed by atoms with Crippen molar-refractivity contribution in [2.75, 3.05) is 49.2 Å². The number of hydrogen-bond donors (Lipinski definition) is 0. The lowest BCUT2D eigenvalue weighted by molar-refractivity contribution is -0.191. The van der Waals surface area contributed by atoms with Gasteiger partial charge in [-0.1, -0.05) is 0 Å². The van der Waals surface area contributed by atoms with E-state index in [-0.39, 0.29) is 37.1 Å². The monoisotopic (exact) mass is 657 g/mol. The summed E-state index contributed by atoms with van der Waals surface area (Å²) >= 11 is 0. The smallest absolute Gasteiger partial charge is 0.350 e. The van der Waals surface area contributed by atoms with Gasteiger partial charge in [0.15, 0.2) is 0 Å². The molecular weight excluding hydrogens is 620 g/mol. The van der Waals surface area contributed by atoms with Crippen molar-refractivity contribution < 1.29 is 23.0 Å². The van der Waals surface area contributed by atoms with Crippen LogP contribution in [0.2, 0.25) is 0 Å². The van der Waals surface area contributed by atoms with E-state index < -0.39 is 23.5 Å². The molecule has 2 aliphatic rings. The molecular formula is C35H37F2N7O4. The van der Waals surface area contributed by atoms with Crippen LogP contribution in [0.3, 0.4) is 0 Å². The van der Waals surface area contributed by atoms with E-state index in [0.717, 1.165) is 49.3 Å². The number of piperazine rings is 1. The molecule has 0 bridgehead atoms. The first-order chi connectivity index (χ1) is 23.3. The molecule has 3 aromatic carbocycles. The summed E-state index contributed by atoms with van der Waals surface area (Å²) in [5, 5.41) is 4.22. The summed E-state index contributed by atoms with van der Waals surface area (Å²) in [4.78, 5) is 21.4. The Kier molecular flexibility index (Phi) is 8.71. The van der Waals surface area contributed by atoms with Crippen molar-refractivity contribution in [2.45, 2.75) is 38.3 Å². The minimum Gasteiger partial charge on any atom is -0.491 e. The minimum atomic E-state index is -1.45. The summed E-state index contributed by atoms with van der Waals surface area (Å²) in [6.45, 7) is 7.81. The van der Waals surface area contributed by atoms with E-state index in [9.17, 15) is 13.6 Å². The maximum Gasteiger partial charge on any atom is 0.350 e. The van der Waals surface area contributed by atoms with Gasteiger partial charge in [0.05, 0.1) is 31.2 Å². The van der Waals surface area contributed by atoms with Gasteiger partial charge >= 0.3 is 5.69 Å². The van der Waals surface area contributed by atoms with E-state index in [1.165, 1.54) is 16.8 Å². The molecule has 2 unspecified atom stereocenters. The van der Waals surface area contributed by atoms with Crippen molar-refractivity contribution in [3.8, 4) is 11.4 Å². The molecule has 11 nitrogen and oxygen atoms in total. The van der Waals surface area contributed by atoms with Gasteiger partial charge in [-0.3, -0.25) is 0 Å². The number of imidazole rings is 1. The lowest BCUT2D eigenvalue weighted by atomic mass is 10.0. The molecule has 0 saturated carbocycles. The van der Waals surface area contributed by atoms with Crippen LogP contribution in [0.1, 0.15) is 25.5 Å². The molecule has 2 saturated heterocycles. The number of aromatic nitrogens is 5. The number of nitrogens with zero attached hydrogens (tertiary/aromatic N) is 7. The number of benzene rings is 3. The molecule has 2 atom stereocenters. The molecule has 2 aromatic heterocycles. The predicted octanol–water partition coefficient (Wildman–Crippen LogP) is 4.76. The van der Waals surface area contributed by atoms with Gasteiger partial charge in [0.25, 0.3) is 0 Å². The highest BCUT2D eigenvalue weighted by Gasteiger charge is 2.45. The van der Waals surface area contributed by atoms with E-state index in [2.05, 4.69) is 19.9 Å². The second kappa shape index (κ2) is 13.2. The van der Waals surface area contributed by atoms with E-state index in [1.54, 1.807) is 34.2 Å². The second-order valence-electron chi connectivity index (χ2n) is 12.3. The maximum atomic E-state index is 14.9. The second-order valence-corrected chi connectivity index (χ2v) is 12.3. The highest BCUT2D eigenvalue weighted by molar-refractivity contribution is 5.54. The fourth-order valence-corrected chi connectivity index (χ4v) is 6.21. The summed E-state index contributed by atoms with van der Waals surface area (Å²) in [7, 11) is 0. The molecule has 0 amide bonds. The van der Waals surface area contributed by atoms with E-state index in [0.29, 0.717) is 5.75 Å². The van der Waals surface area contributed by atoms with Crippen LogP contribution in [-0.2, 0) is 21.8 Å². The zero-order valence-electron chi connectivity index (χ0n) is 26.8. The first kappa shape index (κ1) is 31.6. The molecule has 2 aliphatic heterocycles. The van der Waals surface area contributed by atoms with E-state index in [4.69, 9.17) is 14.2 Å². The Morgan fingerprint density at radius 1 is 0.917 bits per heavy atom. The predicted molar refractivity (Wildman–Crippen MR) is 176 cm³/mol. The minimum absolute atomic E-state index is 0.00279. The maximum absolute atomic E-state index is 14.9. The van der Waals surface area contributed by atoms with Gasteiger partial charge in [-0.15, -0.1) is 0 Å². The Morgan fingerprint density at radius 2 is 1.58 bits per heavy atom. The Hall–Kier alpha value is -5.01. The summed E-state index contributed by atoms with van der Waals surface area (Å²) in [5.41, 5.74) is 2.98. The Labute approximate surface area is 276 Å². The molecule has 0 spiro atoms. The summed E-state index contributed by atoms with van der Waals surface area (Å²) < 4.78 is 51.7. The third-order valence-corrected chi connectivity index (χ3v) is 8.74. The van der Waals surface area contributed by atoms with Gasteiger partial charge in [0.2, 0.25) is 5.79 Å². The fourth-order valence-electron chi connectivity index (χ4n) is 6.21. The first-order valence-electron chi connectivity index (χ1n) is 16.0. The van der Waals surface area contributed by atoms with Crippen molar-refractivity contribution >= 4 is 11.4 Å². The molecule has 0 radical (unpaired) electrons. The quantitative estimate of drug-likeness (QED) is 0.212. The van der Waals surface area contributed by atoms with Crippen LogP contribution in [0.15, 0.2) is 96.6 Å². The Bertz CT molecular complexity index is 1890. The average Bonchev–Trinajstić information content (AvgIpc) is 3.85. The van der Waals surface area contributed by atoms with Crippen LogP contribution in [0, 0.1) is 11.6 Å². The SMILES string of the molecule is CC(C)n1ncn(-c2ccc(N3CCN(c4ccc(OCC5COC(Cn6ccnc6)(c6ccc(F)cc6F)O5)cc4)CC3)cc2)c1=O. The summed E-state index contributed by atoms with van der Waals surface area (Å²) in [6.07, 6.45) is 6.03. The van der Waals surface area contributed by atoms with Gasteiger partial charge in [0, 0.05) is 61.6 Å². The zero-order chi connectivity index (χ0) is 33.3. The first-order valence-corrected chi connectivity index (χ1v) is 16.0. The van der Waals surface area contributed by atoms with Gasteiger partial charge < -0.3 is 28.6 Å². The third-order valence-electron chi connectivity index (χ3n) is 8.74. The van der Waals surface area contributed by atoms with Crippen LogP contribution in [0.25, 0.3) is 5.69 Å². The number of anilines is 2. The summed E-state index contributed by atoms with van der Waals surface area (Å²) in [5.74, 6) is -2.18. The van der Waals surface area contributed by atoms with Gasteiger partial charge in [0.1, 0.15) is 36.4 Å². The van der Waals surface area contributed by atoms with Gasteiger partial charge in [-0.25, -0.2) is 27.8 Å². The van der Waals surface area contributed by atoms with Gasteiger partial charge in [-0.05, 0) is 74.5 Å². The van der Waals surface area contributed by atoms with Crippen LogP contribution >= 0.6 is 0 Å². The van der Waals surface area contributed by atoms with Crippen molar-refractivity contribution in [1.29, 1.82) is 0 Å². The molecule has 13 heteroatoms. The largest absolute Gasteiger partial charge is 0.491 e. The van der Waals surface area contributed by atoms with Crippen molar-refractivity contribution in [2.24, 2.45) is 0 Å². The van der Waals surface area contributed by atoms with Crippen LogP contribution in [-0.4, -0.2) is 69.4 Å². The Morgan fingerprint density at radius 3 is 2.19 bits per heavy atom. The Balaban J connectivity index is 0.929. The highest BCUT2D eigenvalue weighted by atomic mass is 19.1. The van der Waals surface area contributed by atoms with E-state index >= 15 is 0 Å². The standard InChI is InChI=1S/C35H37F2N7O4/c1-25(2)44-34(45)43(24-39-44)29-6-4-27(5-7-29)41-15-17-42(18-16-41)28-8-10-30(11-9-28)46-20-31-21-47-35(48-31,22-40-14-13-38-23-40)32-12-3-26(36)19-33(32)37/h3-14,19,23-25,31H,15-18,20-22H2,1-2H3. The molecule has 0 N–H and O–H groups in total. The zero-order valence-corrected chi connectivity index (χ0v) is 26.8. The number of halogens is 2. The highest BCUT2D eigenvalue weighted by Crippen LogP contribution is 2.38. The molecule has 250 valence electrons. The summed E-state index contributed by atoms with van der Waals surface area (Å²) in [6, 6.07) is 19.3. The average molecular weight is 658 g/mol. The van der Waals surface area contributed by atoms with Crippen LogP contribution in [0.4, 0.5) is 20.2 Å². The number of ether oxygens (including phenoxy) is 3. The van der Waals surface area contributed by atoms with Crippen molar-refractivity contribution in [1.82, 2.24) is 23.9 Å². The lowest BCUT2D eigenvalue weighted by Gasteiger charge is -2.37. The fraction of sp³-hybridized carbons (Fsp3) is 0.343. The van der Waals surface area contributed by atoms with E-state index in [1.807, 2.05) is 62.4 Å².